The molecule has 1 heterocycles. The molecule has 26 heavy (non-hydrogen) atoms. The summed E-state index contributed by atoms with van der Waals surface area (Å²) in [5, 5.41) is 21.1. The van der Waals surface area contributed by atoms with Crippen molar-refractivity contribution in [2.75, 3.05) is 0 Å². The van der Waals surface area contributed by atoms with E-state index in [4.69, 9.17) is 4.74 Å². The van der Waals surface area contributed by atoms with Crippen LogP contribution in [0.25, 0.3) is 0 Å². The van der Waals surface area contributed by atoms with Gasteiger partial charge in [0.25, 0.3) is 0 Å². The monoisotopic (exact) mass is 368 g/mol. The molecule has 0 spiro atoms. The molecule has 0 unspecified atom stereocenters. The molecule has 0 saturated heterocycles. The van der Waals surface area contributed by atoms with Gasteiger partial charge in [0.05, 0.1) is 6.10 Å². The van der Waals surface area contributed by atoms with E-state index in [-0.39, 0.29) is 17.6 Å². The fraction of sp³-hybridized carbons (Fsp3) is 0.750. The van der Waals surface area contributed by atoms with Crippen LogP contribution in [0.1, 0.15) is 54.4 Å². The smallest absolute Gasteiger partial charge is 0.316 e. The minimum Gasteiger partial charge on any atom is -0.458 e. The van der Waals surface area contributed by atoms with Crippen LogP contribution in [0, 0.1) is 23.7 Å². The Balaban J connectivity index is 3.27. The summed E-state index contributed by atoms with van der Waals surface area (Å²) in [6, 6.07) is 0. The van der Waals surface area contributed by atoms with E-state index >= 15 is 0 Å². The first kappa shape index (κ1) is 22.5. The number of carbonyl (C=O) groups is 3. The summed E-state index contributed by atoms with van der Waals surface area (Å²) in [5.41, 5.74) is -1.52. The fourth-order valence-electron chi connectivity index (χ4n) is 3.37. The van der Waals surface area contributed by atoms with Crippen LogP contribution < -0.4 is 0 Å². The van der Waals surface area contributed by atoms with Crippen LogP contribution in [-0.4, -0.2) is 45.6 Å². The van der Waals surface area contributed by atoms with Gasteiger partial charge in [-0.2, -0.15) is 0 Å². The van der Waals surface area contributed by atoms with Crippen LogP contribution in [0.4, 0.5) is 0 Å². The number of cyclic esters (lactones) is 1. The number of carbonyl (C=O) groups excluding carboxylic acids is 3. The number of esters is 1. The lowest BCUT2D eigenvalue weighted by Crippen LogP contribution is -2.44. The Morgan fingerprint density at radius 2 is 1.77 bits per heavy atom. The Hall–Kier alpha value is -1.53. The highest BCUT2D eigenvalue weighted by Crippen LogP contribution is 2.26. The van der Waals surface area contributed by atoms with E-state index in [0.717, 1.165) is 0 Å². The Kier molecular flexibility index (Phi) is 7.71. The number of ketones is 2. The largest absolute Gasteiger partial charge is 0.458 e. The van der Waals surface area contributed by atoms with Crippen LogP contribution in [0.5, 0.6) is 0 Å². The van der Waals surface area contributed by atoms with E-state index in [1.807, 2.05) is 0 Å². The molecular weight excluding hydrogens is 336 g/mol. The average molecular weight is 368 g/mol. The van der Waals surface area contributed by atoms with Gasteiger partial charge in [-0.25, -0.2) is 0 Å². The van der Waals surface area contributed by atoms with E-state index in [0.29, 0.717) is 12.8 Å². The summed E-state index contributed by atoms with van der Waals surface area (Å²) in [7, 11) is 0. The molecule has 0 aromatic rings. The highest BCUT2D eigenvalue weighted by atomic mass is 16.6. The maximum Gasteiger partial charge on any atom is 0.316 e. The second-order valence-corrected chi connectivity index (χ2v) is 7.81. The molecule has 0 fully saturated rings. The second kappa shape index (κ2) is 8.91. The lowest BCUT2D eigenvalue weighted by Gasteiger charge is -2.31. The van der Waals surface area contributed by atoms with Gasteiger partial charge in [0.2, 0.25) is 0 Å². The summed E-state index contributed by atoms with van der Waals surface area (Å²) < 4.78 is 5.36. The van der Waals surface area contributed by atoms with Gasteiger partial charge < -0.3 is 14.9 Å². The van der Waals surface area contributed by atoms with E-state index in [2.05, 4.69) is 0 Å². The van der Waals surface area contributed by atoms with Gasteiger partial charge in [0.1, 0.15) is 17.6 Å². The Labute approximate surface area is 155 Å². The molecule has 1 rings (SSSR count). The predicted molar refractivity (Wildman–Crippen MR) is 97.2 cm³/mol. The normalized spacial score (nSPS) is 42.1. The summed E-state index contributed by atoms with van der Waals surface area (Å²) in [4.78, 5) is 37.3. The molecule has 0 saturated carbocycles. The SMILES string of the molecule is CC[C@@H]1OC(=O)[C@H](C)C(=O)[C@@H](C)[C@H](O)[C@@H](C)C[C@H](C)C(=O)/C=C/[C@@]1(C)O. The summed E-state index contributed by atoms with van der Waals surface area (Å²) in [5.74, 6) is -3.78. The van der Waals surface area contributed by atoms with Gasteiger partial charge >= 0.3 is 5.97 Å². The zero-order chi connectivity index (χ0) is 20.2. The van der Waals surface area contributed by atoms with Gasteiger partial charge in [-0.1, -0.05) is 27.7 Å². The molecule has 6 heteroatoms. The van der Waals surface area contributed by atoms with Crippen LogP contribution in [0.2, 0.25) is 0 Å². The third kappa shape index (κ3) is 5.24. The van der Waals surface area contributed by atoms with E-state index in [9.17, 15) is 24.6 Å². The number of rotatable bonds is 1. The fourth-order valence-corrected chi connectivity index (χ4v) is 3.37. The van der Waals surface area contributed by atoms with Crippen molar-refractivity contribution in [3.8, 4) is 0 Å². The maximum absolute atomic E-state index is 12.6. The number of aliphatic hydroxyl groups is 2. The summed E-state index contributed by atoms with van der Waals surface area (Å²) >= 11 is 0. The number of Topliss-reactive ketones (excluding diaryl/α,β-unsaturated/α-hetero) is 1. The van der Waals surface area contributed by atoms with Crippen molar-refractivity contribution in [3.05, 3.63) is 12.2 Å². The molecular formula is C20H32O6. The Bertz CT molecular complexity index is 565. The highest BCUT2D eigenvalue weighted by Gasteiger charge is 2.38. The minimum atomic E-state index is -1.52. The van der Waals surface area contributed by atoms with Gasteiger partial charge in [-0.05, 0) is 44.8 Å². The third-order valence-electron chi connectivity index (χ3n) is 5.40. The number of aliphatic hydroxyl groups excluding tert-OH is 1. The van der Waals surface area contributed by atoms with Crippen molar-refractivity contribution >= 4 is 17.5 Å². The Morgan fingerprint density at radius 1 is 1.19 bits per heavy atom. The minimum absolute atomic E-state index is 0.185. The molecule has 1 aliphatic rings. The van der Waals surface area contributed by atoms with Crippen molar-refractivity contribution < 1.29 is 29.3 Å². The molecule has 6 nitrogen and oxygen atoms in total. The van der Waals surface area contributed by atoms with E-state index in [1.54, 1.807) is 27.7 Å². The Morgan fingerprint density at radius 3 is 2.31 bits per heavy atom. The van der Waals surface area contributed by atoms with Gasteiger partial charge in [0.15, 0.2) is 11.6 Å². The summed E-state index contributed by atoms with van der Waals surface area (Å²) in [6.45, 7) is 9.78. The van der Waals surface area contributed by atoms with Crippen molar-refractivity contribution in [2.45, 2.75) is 72.2 Å². The van der Waals surface area contributed by atoms with Crippen LogP contribution in [0.15, 0.2) is 12.2 Å². The number of allylic oxidation sites excluding steroid dienone is 1. The average Bonchev–Trinajstić information content (AvgIpc) is 2.60. The summed E-state index contributed by atoms with van der Waals surface area (Å²) in [6.07, 6.45) is 1.54. The molecule has 7 atom stereocenters. The number of hydrogen-bond donors (Lipinski definition) is 2. The lowest BCUT2D eigenvalue weighted by molar-refractivity contribution is -0.166. The quantitative estimate of drug-likeness (QED) is 0.543. The van der Waals surface area contributed by atoms with E-state index in [1.165, 1.54) is 26.0 Å². The molecule has 1 aliphatic heterocycles. The number of hydrogen-bond acceptors (Lipinski definition) is 6. The van der Waals surface area contributed by atoms with Gasteiger partial charge in [-0.15, -0.1) is 0 Å². The third-order valence-corrected chi connectivity index (χ3v) is 5.40. The topological polar surface area (TPSA) is 101 Å². The zero-order valence-corrected chi connectivity index (χ0v) is 16.6. The standard InChI is InChI=1S/C20H32O6/c1-7-16-20(6,25)9-8-15(21)11(2)10-12(3)17(22)13(4)18(23)14(5)19(24)26-16/h8-9,11-14,16-17,22,25H,7,10H2,1-6H3/b9-8+/t11-,12-,13-,14+,16-,17+,20+/m0/s1. The van der Waals surface area contributed by atoms with Crippen LogP contribution >= 0.6 is 0 Å². The lowest BCUT2D eigenvalue weighted by atomic mass is 9.81. The first-order valence-corrected chi connectivity index (χ1v) is 9.30. The molecule has 0 amide bonds. The van der Waals surface area contributed by atoms with E-state index < -0.39 is 41.4 Å². The van der Waals surface area contributed by atoms with Crippen molar-refractivity contribution in [1.82, 2.24) is 0 Å². The molecule has 0 aliphatic carbocycles. The number of ether oxygens (including phenoxy) is 1. The maximum atomic E-state index is 12.6. The highest BCUT2D eigenvalue weighted by molar-refractivity contribution is 6.00. The van der Waals surface area contributed by atoms with Crippen LogP contribution in [-0.2, 0) is 19.1 Å². The van der Waals surface area contributed by atoms with Gasteiger partial charge in [0, 0.05) is 11.8 Å². The van der Waals surface area contributed by atoms with Gasteiger partial charge in [-0.3, -0.25) is 14.4 Å². The second-order valence-electron chi connectivity index (χ2n) is 7.81. The van der Waals surface area contributed by atoms with Crippen molar-refractivity contribution in [1.29, 1.82) is 0 Å². The molecule has 0 bridgehead atoms. The van der Waals surface area contributed by atoms with Crippen LogP contribution in [0.3, 0.4) is 0 Å². The molecule has 148 valence electrons. The molecule has 0 radical (unpaired) electrons. The van der Waals surface area contributed by atoms with Crippen molar-refractivity contribution in [3.63, 3.8) is 0 Å². The first-order chi connectivity index (χ1) is 11.9. The molecule has 0 aromatic carbocycles. The molecule has 0 aromatic heterocycles. The van der Waals surface area contributed by atoms with Crippen molar-refractivity contribution in [2.24, 2.45) is 23.7 Å². The first-order valence-electron chi connectivity index (χ1n) is 9.30. The zero-order valence-electron chi connectivity index (χ0n) is 16.6. The molecule has 2 N–H and O–H groups in total. The predicted octanol–water partition coefficient (Wildman–Crippen LogP) is 2.06.